The van der Waals surface area contributed by atoms with Gasteiger partial charge in [-0.25, -0.2) is 9.97 Å². The Morgan fingerprint density at radius 1 is 1.23 bits per heavy atom. The number of aliphatic hydroxyl groups is 1. The molecule has 26 heavy (non-hydrogen) atoms. The lowest BCUT2D eigenvalue weighted by Gasteiger charge is -2.38. The zero-order chi connectivity index (χ0) is 18.3. The molecule has 1 saturated heterocycles. The van der Waals surface area contributed by atoms with Gasteiger partial charge in [-0.2, -0.15) is 0 Å². The molecule has 1 aromatic carbocycles. The van der Waals surface area contributed by atoms with Crippen molar-refractivity contribution in [3.05, 3.63) is 41.9 Å². The second-order valence-electron chi connectivity index (χ2n) is 7.51. The van der Waals surface area contributed by atoms with E-state index in [4.69, 9.17) is 15.7 Å². The molecule has 2 aromatic heterocycles. The lowest BCUT2D eigenvalue weighted by Crippen LogP contribution is -2.48. The summed E-state index contributed by atoms with van der Waals surface area (Å²) in [6.07, 6.45) is 3.74. The summed E-state index contributed by atoms with van der Waals surface area (Å²) >= 11 is 0. The zero-order valence-electron chi connectivity index (χ0n) is 15.3. The van der Waals surface area contributed by atoms with Gasteiger partial charge in [0.05, 0.1) is 18.0 Å². The number of aromatic nitrogens is 3. The molecule has 136 valence electrons. The number of aliphatic hydroxyl groups excluding tert-OH is 1. The fourth-order valence-corrected chi connectivity index (χ4v) is 3.60. The molecule has 6 heteroatoms. The van der Waals surface area contributed by atoms with Crippen LogP contribution in [0.1, 0.15) is 31.2 Å². The zero-order valence-corrected chi connectivity index (χ0v) is 15.3. The number of aryl methyl sites for hydroxylation is 1. The standard InChI is InChI=1S/C20H25N5O/c1-13-18(15-3-4-16-14(11-15)5-8-22-16)24-17(12-26)19(23-13)25-9-6-20(2,21)7-10-25/h3-5,8,11,22,26H,6-7,9-10,12,21H2,1-2H3. The van der Waals surface area contributed by atoms with Crippen molar-refractivity contribution in [2.75, 3.05) is 18.0 Å². The van der Waals surface area contributed by atoms with Crippen LogP contribution in [0.2, 0.25) is 0 Å². The van der Waals surface area contributed by atoms with E-state index in [0.717, 1.165) is 59.6 Å². The predicted molar refractivity (Wildman–Crippen MR) is 104 cm³/mol. The van der Waals surface area contributed by atoms with Crippen LogP contribution in [-0.2, 0) is 6.61 Å². The third-order valence-electron chi connectivity index (χ3n) is 5.30. The predicted octanol–water partition coefficient (Wildman–Crippen LogP) is 2.74. The first-order chi connectivity index (χ1) is 12.5. The molecule has 6 nitrogen and oxygen atoms in total. The lowest BCUT2D eigenvalue weighted by atomic mass is 9.91. The van der Waals surface area contributed by atoms with Crippen LogP contribution in [-0.4, -0.2) is 38.7 Å². The van der Waals surface area contributed by atoms with Crippen LogP contribution in [0.15, 0.2) is 30.5 Å². The third-order valence-corrected chi connectivity index (χ3v) is 5.30. The average molecular weight is 351 g/mol. The number of benzene rings is 1. The molecule has 4 rings (SSSR count). The largest absolute Gasteiger partial charge is 0.390 e. The van der Waals surface area contributed by atoms with Crippen molar-refractivity contribution >= 4 is 16.7 Å². The van der Waals surface area contributed by atoms with Gasteiger partial charge in [0, 0.05) is 41.3 Å². The number of fused-ring (bicyclic) bond motifs is 1. The minimum Gasteiger partial charge on any atom is -0.390 e. The number of hydrogen-bond donors (Lipinski definition) is 3. The molecule has 0 radical (unpaired) electrons. The molecule has 3 aromatic rings. The Balaban J connectivity index is 1.72. The normalized spacial score (nSPS) is 17.0. The Bertz CT molecular complexity index is 937. The van der Waals surface area contributed by atoms with Gasteiger partial charge in [0.25, 0.3) is 0 Å². The summed E-state index contributed by atoms with van der Waals surface area (Å²) < 4.78 is 0. The minimum absolute atomic E-state index is 0.121. The molecule has 0 bridgehead atoms. The van der Waals surface area contributed by atoms with Crippen molar-refractivity contribution in [2.45, 2.75) is 38.8 Å². The highest BCUT2D eigenvalue weighted by molar-refractivity contribution is 5.84. The first-order valence-corrected chi connectivity index (χ1v) is 9.06. The fraction of sp³-hybridized carbons (Fsp3) is 0.400. The van der Waals surface area contributed by atoms with Crippen molar-refractivity contribution in [3.8, 4) is 11.3 Å². The van der Waals surface area contributed by atoms with E-state index < -0.39 is 0 Å². The van der Waals surface area contributed by atoms with E-state index in [0.29, 0.717) is 5.69 Å². The SMILES string of the molecule is Cc1nc(N2CCC(C)(N)CC2)c(CO)nc1-c1ccc2[nH]ccc2c1. The van der Waals surface area contributed by atoms with Crippen LogP contribution in [0.25, 0.3) is 22.2 Å². The maximum Gasteiger partial charge on any atom is 0.153 e. The van der Waals surface area contributed by atoms with E-state index in [9.17, 15) is 5.11 Å². The first kappa shape index (κ1) is 17.0. The summed E-state index contributed by atoms with van der Waals surface area (Å²) in [5.74, 6) is 0.784. The molecule has 0 amide bonds. The highest BCUT2D eigenvalue weighted by atomic mass is 16.3. The number of H-pyrrole nitrogens is 1. The quantitative estimate of drug-likeness (QED) is 0.675. The highest BCUT2D eigenvalue weighted by Crippen LogP contribution is 2.30. The lowest BCUT2D eigenvalue weighted by molar-refractivity contribution is 0.275. The number of nitrogens with zero attached hydrogens (tertiary/aromatic N) is 3. The number of nitrogens with two attached hydrogens (primary N) is 1. The van der Waals surface area contributed by atoms with Crippen molar-refractivity contribution in [3.63, 3.8) is 0 Å². The number of hydrogen-bond acceptors (Lipinski definition) is 5. The maximum atomic E-state index is 9.89. The summed E-state index contributed by atoms with van der Waals surface area (Å²) in [4.78, 5) is 15.0. The molecule has 0 saturated carbocycles. The molecule has 0 aliphatic carbocycles. The summed E-state index contributed by atoms with van der Waals surface area (Å²) in [6, 6.07) is 8.23. The van der Waals surface area contributed by atoms with Gasteiger partial charge in [-0.15, -0.1) is 0 Å². The number of nitrogens with one attached hydrogen (secondary N) is 1. The van der Waals surface area contributed by atoms with E-state index in [1.54, 1.807) is 0 Å². The van der Waals surface area contributed by atoms with Crippen LogP contribution in [0, 0.1) is 6.92 Å². The molecule has 3 heterocycles. The monoisotopic (exact) mass is 351 g/mol. The minimum atomic E-state index is -0.127. The Labute approximate surface area is 153 Å². The van der Waals surface area contributed by atoms with Crippen molar-refractivity contribution in [1.29, 1.82) is 0 Å². The summed E-state index contributed by atoms with van der Waals surface area (Å²) in [5, 5.41) is 11.0. The number of rotatable bonds is 3. The van der Waals surface area contributed by atoms with Gasteiger partial charge in [-0.3, -0.25) is 0 Å². The van der Waals surface area contributed by atoms with Crippen LogP contribution < -0.4 is 10.6 Å². The smallest absolute Gasteiger partial charge is 0.153 e. The van der Waals surface area contributed by atoms with Crippen molar-refractivity contribution in [1.82, 2.24) is 15.0 Å². The second-order valence-corrected chi connectivity index (χ2v) is 7.51. The number of aromatic amines is 1. The van der Waals surface area contributed by atoms with Crippen LogP contribution >= 0.6 is 0 Å². The fourth-order valence-electron chi connectivity index (χ4n) is 3.60. The Morgan fingerprint density at radius 2 is 2.00 bits per heavy atom. The number of anilines is 1. The van der Waals surface area contributed by atoms with E-state index in [2.05, 4.69) is 22.9 Å². The molecule has 0 unspecified atom stereocenters. The molecule has 0 atom stereocenters. The third kappa shape index (κ3) is 3.06. The molecule has 4 N–H and O–H groups in total. The van der Waals surface area contributed by atoms with Crippen LogP contribution in [0.4, 0.5) is 5.82 Å². The van der Waals surface area contributed by atoms with Crippen LogP contribution in [0.3, 0.4) is 0 Å². The van der Waals surface area contributed by atoms with E-state index in [-0.39, 0.29) is 12.1 Å². The molecule has 1 aliphatic heterocycles. The van der Waals surface area contributed by atoms with Gasteiger partial charge >= 0.3 is 0 Å². The topological polar surface area (TPSA) is 91.1 Å². The van der Waals surface area contributed by atoms with Gasteiger partial charge in [0.15, 0.2) is 5.82 Å². The highest BCUT2D eigenvalue weighted by Gasteiger charge is 2.28. The van der Waals surface area contributed by atoms with Gasteiger partial charge in [-0.05, 0) is 44.9 Å². The molecule has 1 aliphatic rings. The van der Waals surface area contributed by atoms with Gasteiger partial charge in [0.2, 0.25) is 0 Å². The van der Waals surface area contributed by atoms with Gasteiger partial charge in [0.1, 0.15) is 5.69 Å². The van der Waals surface area contributed by atoms with Crippen molar-refractivity contribution in [2.24, 2.45) is 5.73 Å². The Hall–Kier alpha value is -2.44. The second kappa shape index (κ2) is 6.37. The first-order valence-electron chi connectivity index (χ1n) is 9.06. The molecule has 0 spiro atoms. The molecule has 1 fully saturated rings. The van der Waals surface area contributed by atoms with E-state index in [1.165, 1.54) is 0 Å². The maximum absolute atomic E-state index is 9.89. The van der Waals surface area contributed by atoms with E-state index in [1.807, 2.05) is 31.3 Å². The van der Waals surface area contributed by atoms with Crippen LogP contribution in [0.5, 0.6) is 0 Å². The Morgan fingerprint density at radius 3 is 2.73 bits per heavy atom. The van der Waals surface area contributed by atoms with Crippen molar-refractivity contribution < 1.29 is 5.11 Å². The van der Waals surface area contributed by atoms with E-state index >= 15 is 0 Å². The Kier molecular flexibility index (Phi) is 4.17. The van der Waals surface area contributed by atoms with Gasteiger partial charge < -0.3 is 20.7 Å². The summed E-state index contributed by atoms with van der Waals surface area (Å²) in [5.41, 5.74) is 10.5. The molecular weight excluding hydrogens is 326 g/mol. The summed E-state index contributed by atoms with van der Waals surface area (Å²) in [6.45, 7) is 5.61. The molecular formula is C20H25N5O. The number of piperidine rings is 1. The average Bonchev–Trinajstić information content (AvgIpc) is 3.09. The van der Waals surface area contributed by atoms with Gasteiger partial charge in [-0.1, -0.05) is 6.07 Å². The summed E-state index contributed by atoms with van der Waals surface area (Å²) in [7, 11) is 0.